The minimum Gasteiger partial charge on any atom is -0.463 e. The van der Waals surface area contributed by atoms with Crippen LogP contribution in [0.1, 0.15) is 149 Å². The van der Waals surface area contributed by atoms with Crippen LogP contribution in [0, 0.1) is 11.8 Å². The molecule has 2 aliphatic carbocycles. The number of rotatable bonds is 30. The molecule has 2 saturated carbocycles. The van der Waals surface area contributed by atoms with Gasteiger partial charge in [0, 0.05) is 45.5 Å². The second-order valence-corrected chi connectivity index (χ2v) is 24.6. The van der Waals surface area contributed by atoms with E-state index < -0.39 is 59.9 Å². The Labute approximate surface area is 531 Å². The molecule has 0 bridgehead atoms. The molecule has 0 unspecified atom stereocenters. The van der Waals surface area contributed by atoms with Gasteiger partial charge >= 0.3 is 47.8 Å². The Morgan fingerprint density at radius 1 is 0.422 bits per heavy atom. The Kier molecular flexibility index (Phi) is 24.2. The summed E-state index contributed by atoms with van der Waals surface area (Å²) in [7, 11) is 0. The van der Waals surface area contributed by atoms with Crippen LogP contribution in [-0.2, 0) is 47.7 Å². The number of carbonyl (C=O) groups is 8. The SMILES string of the molecule is C=CC(=O)OCCCCCCCC(=O)Oc1ccc(C(=O)OC2CCC(C(=O)Oc3c4cc(-c5ccccc5)sc4c(OC(=O)C4CCC(OC(=O)c5ccc(OC(=O)CCCCCCCOC(=O)C=C)cc5)CC4)c4cc(-c5ccccc5)sc34)CC2)cc1. The van der Waals surface area contributed by atoms with E-state index in [0.717, 1.165) is 84.4 Å². The number of carbonyl (C=O) groups excluding carboxylic acids is 8. The van der Waals surface area contributed by atoms with Crippen molar-refractivity contribution >= 4 is 90.6 Å². The van der Waals surface area contributed by atoms with E-state index in [2.05, 4.69) is 13.2 Å². The third-order valence-corrected chi connectivity index (χ3v) is 18.3. The van der Waals surface area contributed by atoms with E-state index in [1.807, 2.05) is 72.8 Å². The van der Waals surface area contributed by atoms with Gasteiger partial charge in [-0.3, -0.25) is 19.2 Å². The van der Waals surface area contributed by atoms with Crippen molar-refractivity contribution < 1.29 is 76.3 Å². The lowest BCUT2D eigenvalue weighted by atomic mass is 9.87. The molecule has 0 amide bonds. The first-order valence-corrected chi connectivity index (χ1v) is 32.6. The zero-order valence-electron chi connectivity index (χ0n) is 50.3. The number of benzene rings is 5. The summed E-state index contributed by atoms with van der Waals surface area (Å²) in [6.45, 7) is 7.44. The molecular weight excluding hydrogens is 1180 g/mol. The molecule has 7 aromatic rings. The maximum atomic E-state index is 14.5. The lowest BCUT2D eigenvalue weighted by Crippen LogP contribution is -2.30. The number of hydrogen-bond acceptors (Lipinski definition) is 18. The first-order chi connectivity index (χ1) is 43.8. The molecular formula is C72H74O16S2. The molecule has 16 nitrogen and oxygen atoms in total. The average Bonchev–Trinajstić information content (AvgIpc) is 1.58. The molecule has 470 valence electrons. The van der Waals surface area contributed by atoms with Crippen LogP contribution in [-0.4, -0.2) is 73.2 Å². The predicted octanol–water partition coefficient (Wildman–Crippen LogP) is 16.0. The summed E-state index contributed by atoms with van der Waals surface area (Å²) in [6.07, 6.45) is 13.4. The first kappa shape index (κ1) is 65.7. The van der Waals surface area contributed by atoms with Crippen LogP contribution in [0.25, 0.3) is 41.1 Å². The van der Waals surface area contributed by atoms with Gasteiger partial charge in [-0.25, -0.2) is 19.2 Å². The Hall–Kier alpha value is -8.74. The van der Waals surface area contributed by atoms with E-state index in [0.29, 0.717) is 132 Å². The van der Waals surface area contributed by atoms with Gasteiger partial charge in [-0.1, -0.05) is 112 Å². The van der Waals surface area contributed by atoms with Gasteiger partial charge in [0.05, 0.1) is 45.6 Å². The summed E-state index contributed by atoms with van der Waals surface area (Å²) < 4.78 is 47.2. The second-order valence-electron chi connectivity index (χ2n) is 22.5. The zero-order chi connectivity index (χ0) is 63.2. The molecule has 2 aromatic heterocycles. The Morgan fingerprint density at radius 2 is 0.778 bits per heavy atom. The molecule has 0 saturated heterocycles. The van der Waals surface area contributed by atoms with Gasteiger partial charge in [-0.15, -0.1) is 22.7 Å². The highest BCUT2D eigenvalue weighted by molar-refractivity contribution is 7.24. The van der Waals surface area contributed by atoms with Crippen LogP contribution in [0.4, 0.5) is 0 Å². The fourth-order valence-electron chi connectivity index (χ4n) is 11.0. The Morgan fingerprint density at radius 3 is 1.14 bits per heavy atom. The number of thiophene rings is 2. The quantitative estimate of drug-likeness (QED) is 0.0135. The van der Waals surface area contributed by atoms with Crippen molar-refractivity contribution in [1.82, 2.24) is 0 Å². The van der Waals surface area contributed by atoms with Gasteiger partial charge in [0.25, 0.3) is 0 Å². The highest BCUT2D eigenvalue weighted by Crippen LogP contribution is 2.53. The Balaban J connectivity index is 0.796. The lowest BCUT2D eigenvalue weighted by Gasteiger charge is -2.27. The molecule has 0 atom stereocenters. The third kappa shape index (κ3) is 18.7. The van der Waals surface area contributed by atoms with Gasteiger partial charge < -0.3 is 37.9 Å². The molecule has 5 aromatic carbocycles. The molecule has 2 aliphatic rings. The van der Waals surface area contributed by atoms with Crippen molar-refractivity contribution in [1.29, 1.82) is 0 Å². The monoisotopic (exact) mass is 1260 g/mol. The molecule has 0 spiro atoms. The van der Waals surface area contributed by atoms with Crippen LogP contribution in [0.5, 0.6) is 23.0 Å². The summed E-state index contributed by atoms with van der Waals surface area (Å²) >= 11 is 2.90. The van der Waals surface area contributed by atoms with Crippen molar-refractivity contribution in [2.24, 2.45) is 11.8 Å². The largest absolute Gasteiger partial charge is 0.463 e. The van der Waals surface area contributed by atoms with E-state index in [-0.39, 0.29) is 24.8 Å². The van der Waals surface area contributed by atoms with E-state index in [9.17, 15) is 38.4 Å². The number of ether oxygens (including phenoxy) is 8. The van der Waals surface area contributed by atoms with Crippen LogP contribution in [0.15, 0.2) is 147 Å². The van der Waals surface area contributed by atoms with E-state index in [4.69, 9.17) is 37.9 Å². The normalized spacial score (nSPS) is 16.3. The third-order valence-electron chi connectivity index (χ3n) is 16.0. The molecule has 18 heteroatoms. The number of hydrogen-bond donors (Lipinski definition) is 0. The molecule has 0 radical (unpaired) electrons. The maximum Gasteiger partial charge on any atom is 0.338 e. The topological polar surface area (TPSA) is 210 Å². The fraction of sp³-hybridized carbons (Fsp3) is 0.361. The summed E-state index contributed by atoms with van der Waals surface area (Å²) in [5.74, 6) is -3.00. The number of esters is 8. The highest BCUT2D eigenvalue weighted by atomic mass is 32.1. The Bertz CT molecular complexity index is 3340. The van der Waals surface area contributed by atoms with Gasteiger partial charge in [-0.05, 0) is 149 Å². The van der Waals surface area contributed by atoms with Crippen molar-refractivity contribution in [2.75, 3.05) is 13.2 Å². The molecule has 2 fully saturated rings. The average molecular weight is 1260 g/mol. The van der Waals surface area contributed by atoms with Crippen LogP contribution >= 0.6 is 22.7 Å². The smallest absolute Gasteiger partial charge is 0.338 e. The highest BCUT2D eigenvalue weighted by Gasteiger charge is 2.35. The van der Waals surface area contributed by atoms with Crippen molar-refractivity contribution in [3.63, 3.8) is 0 Å². The second kappa shape index (κ2) is 33.2. The van der Waals surface area contributed by atoms with Crippen LogP contribution < -0.4 is 18.9 Å². The van der Waals surface area contributed by atoms with E-state index in [1.54, 1.807) is 48.5 Å². The summed E-state index contributed by atoms with van der Waals surface area (Å²) in [6, 6.07) is 36.2. The molecule has 2 heterocycles. The minimum absolute atomic E-state index is 0.249. The summed E-state index contributed by atoms with van der Waals surface area (Å²) in [5, 5.41) is 1.27. The fourth-order valence-corrected chi connectivity index (χ4v) is 13.3. The maximum absolute atomic E-state index is 14.5. The van der Waals surface area contributed by atoms with E-state index in [1.165, 1.54) is 22.7 Å². The van der Waals surface area contributed by atoms with Gasteiger partial charge in [0.1, 0.15) is 23.7 Å². The molecule has 9 rings (SSSR count). The van der Waals surface area contributed by atoms with Gasteiger partial charge in [0.15, 0.2) is 11.5 Å². The van der Waals surface area contributed by atoms with Gasteiger partial charge in [0.2, 0.25) is 0 Å². The summed E-state index contributed by atoms with van der Waals surface area (Å²) in [5.41, 5.74) is 2.50. The predicted molar refractivity (Wildman–Crippen MR) is 344 cm³/mol. The number of fused-ring (bicyclic) bond motifs is 2. The molecule has 0 N–H and O–H groups in total. The summed E-state index contributed by atoms with van der Waals surface area (Å²) in [4.78, 5) is 105. The standard InChI is InChI=1S/C72H74O16S2/c1-3-61(73)81-43-19-9-5-7-17-25-63(75)83-53-35-27-49(28-36-53)69(77)85-55-39-31-51(32-40-55)71(79)87-65-57-45-59(47-21-13-11-14-22-47)90-68(57)66(58-46-60(89-67(58)65)48-23-15-12-16-24-48)88-72(80)52-33-41-56(42-34-52)86-70(78)50-29-37-54(38-30-50)84-64(76)26-18-8-6-10-20-44-82-62(74)4-2/h3-4,11-16,21-24,27-30,35-38,45-46,51-52,55-56H,1-2,5-10,17-20,25-26,31-34,39-44H2. The minimum atomic E-state index is -0.516. The van der Waals surface area contributed by atoms with Crippen LogP contribution in [0.2, 0.25) is 0 Å². The van der Waals surface area contributed by atoms with Crippen LogP contribution in [0.3, 0.4) is 0 Å². The van der Waals surface area contributed by atoms with E-state index >= 15 is 0 Å². The zero-order valence-corrected chi connectivity index (χ0v) is 52.0. The number of unbranched alkanes of at least 4 members (excludes halogenated alkanes) is 8. The van der Waals surface area contributed by atoms with Crippen molar-refractivity contribution in [2.45, 2.75) is 141 Å². The van der Waals surface area contributed by atoms with Gasteiger partial charge in [-0.2, -0.15) is 0 Å². The molecule has 90 heavy (non-hydrogen) atoms. The van der Waals surface area contributed by atoms with Crippen molar-refractivity contribution in [3.8, 4) is 43.9 Å². The molecule has 0 aliphatic heterocycles. The first-order valence-electron chi connectivity index (χ1n) is 31.0. The van der Waals surface area contributed by atoms with Crippen molar-refractivity contribution in [3.05, 3.63) is 158 Å². The lowest BCUT2D eigenvalue weighted by molar-refractivity contribution is -0.141.